The van der Waals surface area contributed by atoms with Gasteiger partial charge in [0.1, 0.15) is 16.6 Å². The van der Waals surface area contributed by atoms with Crippen LogP contribution in [0.15, 0.2) is 52.1 Å². The Bertz CT molecular complexity index is 1000. The molecule has 0 fully saturated rings. The first kappa shape index (κ1) is 22.0. The summed E-state index contributed by atoms with van der Waals surface area (Å²) in [5.41, 5.74) is 3.16. The summed E-state index contributed by atoms with van der Waals surface area (Å²) in [7, 11) is 3.80. The van der Waals surface area contributed by atoms with E-state index in [1.165, 1.54) is 23.9 Å². The Labute approximate surface area is 179 Å². The summed E-state index contributed by atoms with van der Waals surface area (Å²) >= 11 is 1.47. The van der Waals surface area contributed by atoms with Crippen molar-refractivity contribution in [1.29, 1.82) is 0 Å². The molecular formula is C22H25FN4O2S. The number of carbonyl (C=O) groups excluding carboxylic acids is 1. The third-order valence-corrected chi connectivity index (χ3v) is 5.89. The van der Waals surface area contributed by atoms with Crippen LogP contribution in [0.2, 0.25) is 0 Å². The molecule has 1 atom stereocenters. The molecule has 0 bridgehead atoms. The lowest BCUT2D eigenvalue weighted by Crippen LogP contribution is -2.34. The van der Waals surface area contributed by atoms with Gasteiger partial charge in [-0.25, -0.2) is 9.37 Å². The number of thioether (sulfide) groups is 1. The molecule has 3 rings (SSSR count). The third-order valence-electron chi connectivity index (χ3n) is 4.86. The van der Waals surface area contributed by atoms with Crippen molar-refractivity contribution in [2.24, 2.45) is 0 Å². The van der Waals surface area contributed by atoms with Crippen LogP contribution in [0.5, 0.6) is 0 Å². The molecule has 1 N–H and O–H groups in total. The van der Waals surface area contributed by atoms with Crippen LogP contribution in [-0.2, 0) is 5.75 Å². The van der Waals surface area contributed by atoms with E-state index in [0.29, 0.717) is 22.9 Å². The fraction of sp³-hybridized carbons (Fsp3) is 0.318. The highest BCUT2D eigenvalue weighted by atomic mass is 32.2. The number of benzene rings is 1. The fourth-order valence-electron chi connectivity index (χ4n) is 3.12. The van der Waals surface area contributed by atoms with Crippen LogP contribution in [0.3, 0.4) is 0 Å². The minimum absolute atomic E-state index is 0.153. The van der Waals surface area contributed by atoms with Gasteiger partial charge in [-0.2, -0.15) is 0 Å². The molecule has 6 nitrogen and oxygen atoms in total. The number of aryl methyl sites for hydroxylation is 2. The summed E-state index contributed by atoms with van der Waals surface area (Å²) in [4.78, 5) is 19.2. The number of nitrogens with one attached hydrogen (secondary N) is 1. The summed E-state index contributed by atoms with van der Waals surface area (Å²) in [5, 5.41) is 7.58. The fourth-order valence-corrected chi connectivity index (χ4v) is 4.27. The minimum Gasteiger partial charge on any atom is -0.361 e. The van der Waals surface area contributed by atoms with Crippen molar-refractivity contribution in [3.8, 4) is 0 Å². The van der Waals surface area contributed by atoms with Crippen molar-refractivity contribution < 1.29 is 13.7 Å². The standard InChI is InChI=1S/C22H25FN4O2S/c1-14-19(15(2)29-26-14)13-30-22-18(9-6-10-24-22)21(28)25-12-20(27(3)4)16-7-5-8-17(23)11-16/h5-11,20H,12-13H2,1-4H3,(H,25,28)/t20-/m0/s1. The lowest BCUT2D eigenvalue weighted by atomic mass is 10.1. The number of pyridine rings is 1. The molecule has 2 heterocycles. The molecule has 0 spiro atoms. The molecule has 1 amide bonds. The SMILES string of the molecule is Cc1noc(C)c1CSc1ncccc1C(=O)NC[C@@H](c1cccc(F)c1)N(C)C. The van der Waals surface area contributed by atoms with Crippen LogP contribution in [0.4, 0.5) is 4.39 Å². The summed E-state index contributed by atoms with van der Waals surface area (Å²) in [6, 6.07) is 9.77. The van der Waals surface area contributed by atoms with Crippen LogP contribution in [-0.4, -0.2) is 41.6 Å². The second kappa shape index (κ2) is 9.86. The van der Waals surface area contributed by atoms with Crippen molar-refractivity contribution in [3.05, 3.63) is 76.6 Å². The molecule has 0 aliphatic heterocycles. The highest BCUT2D eigenvalue weighted by molar-refractivity contribution is 7.98. The molecule has 0 radical (unpaired) electrons. The van der Waals surface area contributed by atoms with Crippen LogP contribution in [0, 0.1) is 19.7 Å². The van der Waals surface area contributed by atoms with E-state index in [9.17, 15) is 9.18 Å². The van der Waals surface area contributed by atoms with Crippen LogP contribution < -0.4 is 5.32 Å². The number of rotatable bonds is 8. The van der Waals surface area contributed by atoms with E-state index < -0.39 is 0 Å². The Morgan fingerprint density at radius 3 is 2.73 bits per heavy atom. The molecule has 1 aromatic carbocycles. The smallest absolute Gasteiger partial charge is 0.254 e. The normalized spacial score (nSPS) is 12.2. The number of halogens is 1. The highest BCUT2D eigenvalue weighted by Crippen LogP contribution is 2.27. The van der Waals surface area contributed by atoms with Crippen LogP contribution in [0.25, 0.3) is 0 Å². The number of likely N-dealkylation sites (N-methyl/N-ethyl adjacent to an activating group) is 1. The first-order valence-electron chi connectivity index (χ1n) is 9.56. The molecule has 0 unspecified atom stereocenters. The molecule has 0 saturated carbocycles. The van der Waals surface area contributed by atoms with Crippen molar-refractivity contribution in [3.63, 3.8) is 0 Å². The number of hydrogen-bond donors (Lipinski definition) is 1. The van der Waals surface area contributed by atoms with E-state index >= 15 is 0 Å². The predicted molar refractivity (Wildman–Crippen MR) is 115 cm³/mol. The van der Waals surface area contributed by atoms with Gasteiger partial charge < -0.3 is 14.7 Å². The first-order valence-corrected chi connectivity index (χ1v) is 10.5. The molecule has 8 heteroatoms. The molecule has 30 heavy (non-hydrogen) atoms. The largest absolute Gasteiger partial charge is 0.361 e. The van der Waals surface area contributed by atoms with E-state index in [-0.39, 0.29) is 17.8 Å². The first-order chi connectivity index (χ1) is 14.4. The monoisotopic (exact) mass is 428 g/mol. The van der Waals surface area contributed by atoms with E-state index in [1.807, 2.05) is 38.9 Å². The van der Waals surface area contributed by atoms with Crippen molar-refractivity contribution in [1.82, 2.24) is 20.4 Å². The lowest BCUT2D eigenvalue weighted by Gasteiger charge is -2.25. The maximum atomic E-state index is 13.6. The summed E-state index contributed by atoms with van der Waals surface area (Å²) < 4.78 is 18.8. The van der Waals surface area contributed by atoms with Crippen molar-refractivity contribution in [2.75, 3.05) is 20.6 Å². The summed E-state index contributed by atoms with van der Waals surface area (Å²) in [5.74, 6) is 0.872. The number of hydrogen-bond acceptors (Lipinski definition) is 6. The van der Waals surface area contributed by atoms with E-state index in [2.05, 4.69) is 15.5 Å². The van der Waals surface area contributed by atoms with Gasteiger partial charge in [-0.05, 0) is 57.8 Å². The van der Waals surface area contributed by atoms with Gasteiger partial charge in [0.05, 0.1) is 17.3 Å². The predicted octanol–water partition coefficient (Wildman–Crippen LogP) is 4.15. The highest BCUT2D eigenvalue weighted by Gasteiger charge is 2.19. The summed E-state index contributed by atoms with van der Waals surface area (Å²) in [6.07, 6.45) is 1.67. The van der Waals surface area contributed by atoms with Gasteiger partial charge in [0.2, 0.25) is 0 Å². The van der Waals surface area contributed by atoms with E-state index in [0.717, 1.165) is 22.6 Å². The quantitative estimate of drug-likeness (QED) is 0.544. The number of aromatic nitrogens is 2. The zero-order chi connectivity index (χ0) is 21.7. The Morgan fingerprint density at radius 1 is 1.27 bits per heavy atom. The lowest BCUT2D eigenvalue weighted by molar-refractivity contribution is 0.0938. The van der Waals surface area contributed by atoms with Crippen LogP contribution >= 0.6 is 11.8 Å². The number of carbonyl (C=O) groups is 1. The molecule has 0 aliphatic rings. The second-order valence-corrected chi connectivity index (χ2v) is 8.16. The third kappa shape index (κ3) is 5.25. The van der Waals surface area contributed by atoms with Gasteiger partial charge in [0.25, 0.3) is 5.91 Å². The van der Waals surface area contributed by atoms with Crippen molar-refractivity contribution in [2.45, 2.75) is 30.7 Å². The molecule has 2 aromatic heterocycles. The van der Waals surface area contributed by atoms with E-state index in [4.69, 9.17) is 4.52 Å². The minimum atomic E-state index is -0.295. The molecule has 0 aliphatic carbocycles. The van der Waals surface area contributed by atoms with Gasteiger partial charge >= 0.3 is 0 Å². The average molecular weight is 429 g/mol. The topological polar surface area (TPSA) is 71.3 Å². The Balaban J connectivity index is 1.70. The average Bonchev–Trinajstić information content (AvgIpc) is 3.04. The number of nitrogens with zero attached hydrogens (tertiary/aromatic N) is 3. The zero-order valence-corrected chi connectivity index (χ0v) is 18.3. The molecular weight excluding hydrogens is 403 g/mol. The van der Waals surface area contributed by atoms with Gasteiger partial charge in [0.15, 0.2) is 0 Å². The van der Waals surface area contributed by atoms with Crippen molar-refractivity contribution >= 4 is 17.7 Å². The van der Waals surface area contributed by atoms with E-state index in [1.54, 1.807) is 24.4 Å². The van der Waals surface area contributed by atoms with Gasteiger partial charge in [-0.1, -0.05) is 17.3 Å². The zero-order valence-electron chi connectivity index (χ0n) is 17.5. The molecule has 3 aromatic rings. The van der Waals surface area contributed by atoms with Gasteiger partial charge in [-0.15, -0.1) is 11.8 Å². The van der Waals surface area contributed by atoms with Crippen LogP contribution in [0.1, 0.15) is 39.0 Å². The number of amides is 1. The molecule has 0 saturated heterocycles. The Kier molecular flexibility index (Phi) is 7.23. The second-order valence-electron chi connectivity index (χ2n) is 7.19. The maximum absolute atomic E-state index is 13.6. The summed E-state index contributed by atoms with van der Waals surface area (Å²) in [6.45, 7) is 4.11. The Hall–Kier alpha value is -2.71. The Morgan fingerprint density at radius 2 is 2.07 bits per heavy atom. The maximum Gasteiger partial charge on any atom is 0.254 e. The molecule has 158 valence electrons. The van der Waals surface area contributed by atoms with Gasteiger partial charge in [0, 0.05) is 24.1 Å². The van der Waals surface area contributed by atoms with Gasteiger partial charge in [-0.3, -0.25) is 4.79 Å².